The quantitative estimate of drug-likeness (QED) is 0.630. The molecule has 0 radical (unpaired) electrons. The Morgan fingerprint density at radius 3 is 1.78 bits per heavy atom. The Labute approximate surface area is 114 Å². The summed E-state index contributed by atoms with van der Waals surface area (Å²) >= 11 is 0. The summed E-state index contributed by atoms with van der Waals surface area (Å²) < 4.78 is 12.0. The first-order chi connectivity index (χ1) is 8.00. The van der Waals surface area contributed by atoms with Crippen LogP contribution in [0.15, 0.2) is 0 Å². The lowest BCUT2D eigenvalue weighted by Crippen LogP contribution is -2.47. The Balaban J connectivity index is 4.61. The van der Waals surface area contributed by atoms with E-state index in [-0.39, 0.29) is 16.6 Å². The molecular formula is C16H34O2. The maximum absolute atomic E-state index is 6.04. The zero-order valence-corrected chi connectivity index (χ0v) is 14.0. The van der Waals surface area contributed by atoms with Crippen LogP contribution >= 0.6 is 0 Å². The van der Waals surface area contributed by atoms with E-state index in [4.69, 9.17) is 9.47 Å². The van der Waals surface area contributed by atoms with Gasteiger partial charge in [-0.15, -0.1) is 0 Å². The molecule has 0 saturated heterocycles. The van der Waals surface area contributed by atoms with Crippen LogP contribution in [0.4, 0.5) is 0 Å². The molecule has 0 N–H and O–H groups in total. The van der Waals surface area contributed by atoms with Crippen LogP contribution in [-0.2, 0) is 9.47 Å². The van der Waals surface area contributed by atoms with Gasteiger partial charge in [-0.2, -0.15) is 0 Å². The second kappa shape index (κ2) is 6.38. The molecule has 0 aromatic heterocycles. The molecule has 1 atom stereocenters. The fourth-order valence-corrected chi connectivity index (χ4v) is 1.80. The van der Waals surface area contributed by atoms with Crippen molar-refractivity contribution < 1.29 is 9.47 Å². The van der Waals surface area contributed by atoms with Gasteiger partial charge in [-0.3, -0.25) is 0 Å². The summed E-state index contributed by atoms with van der Waals surface area (Å²) in [6, 6.07) is 0. The molecule has 2 nitrogen and oxygen atoms in total. The Bertz CT molecular complexity index is 241. The molecule has 0 heterocycles. The summed E-state index contributed by atoms with van der Waals surface area (Å²) in [6.45, 7) is 21.2. The number of ether oxygens (including phenoxy) is 2. The summed E-state index contributed by atoms with van der Waals surface area (Å²) in [5.41, 5.74) is -0.0895. The summed E-state index contributed by atoms with van der Waals surface area (Å²) in [5.74, 6) is 0.449. The molecule has 1 unspecified atom stereocenters. The molecular weight excluding hydrogens is 224 g/mol. The van der Waals surface area contributed by atoms with E-state index in [1.54, 1.807) is 0 Å². The molecule has 0 aliphatic rings. The van der Waals surface area contributed by atoms with Gasteiger partial charge in [0, 0.05) is 6.61 Å². The summed E-state index contributed by atoms with van der Waals surface area (Å²) in [7, 11) is 0. The van der Waals surface area contributed by atoms with Crippen LogP contribution in [0.1, 0.15) is 68.7 Å². The molecule has 0 fully saturated rings. The minimum absolute atomic E-state index is 0.0277. The molecule has 0 amide bonds. The van der Waals surface area contributed by atoms with E-state index in [0.29, 0.717) is 5.92 Å². The van der Waals surface area contributed by atoms with Crippen molar-refractivity contribution in [1.82, 2.24) is 0 Å². The molecule has 18 heavy (non-hydrogen) atoms. The van der Waals surface area contributed by atoms with Crippen molar-refractivity contribution in [3.8, 4) is 0 Å². The largest absolute Gasteiger partial charge is 0.375 e. The molecule has 0 rings (SSSR count). The minimum Gasteiger partial charge on any atom is -0.375 e. The lowest BCUT2D eigenvalue weighted by Gasteiger charge is -2.46. The number of hydrogen-bond acceptors (Lipinski definition) is 2. The van der Waals surface area contributed by atoms with Gasteiger partial charge in [0.15, 0.2) is 0 Å². The molecule has 2 heteroatoms. The van der Waals surface area contributed by atoms with Gasteiger partial charge in [-0.05, 0) is 52.4 Å². The molecule has 0 aliphatic heterocycles. The Kier molecular flexibility index (Phi) is 6.35. The number of hydrogen-bond donors (Lipinski definition) is 0. The average molecular weight is 258 g/mol. The van der Waals surface area contributed by atoms with E-state index < -0.39 is 0 Å². The molecule has 0 aliphatic carbocycles. The van der Waals surface area contributed by atoms with E-state index in [1.807, 2.05) is 0 Å². The molecule has 0 spiro atoms. The van der Waals surface area contributed by atoms with Crippen LogP contribution in [0.3, 0.4) is 0 Å². The molecule has 0 saturated carbocycles. The third-order valence-electron chi connectivity index (χ3n) is 4.86. The highest BCUT2D eigenvalue weighted by molar-refractivity contribution is 4.91. The van der Waals surface area contributed by atoms with Crippen molar-refractivity contribution in [2.24, 2.45) is 11.3 Å². The Morgan fingerprint density at radius 2 is 1.39 bits per heavy atom. The normalized spacial score (nSPS) is 15.8. The third kappa shape index (κ3) is 4.55. The predicted octanol–water partition coefficient (Wildman–Crippen LogP) is 4.67. The zero-order chi connectivity index (χ0) is 14.6. The third-order valence-corrected chi connectivity index (χ3v) is 4.86. The van der Waals surface area contributed by atoms with Crippen molar-refractivity contribution in [2.75, 3.05) is 13.2 Å². The van der Waals surface area contributed by atoms with Gasteiger partial charge in [-0.25, -0.2) is 0 Å². The second-order valence-electron chi connectivity index (χ2n) is 6.99. The van der Waals surface area contributed by atoms with E-state index in [2.05, 4.69) is 62.3 Å². The first-order valence-electron chi connectivity index (χ1n) is 7.28. The highest BCUT2D eigenvalue weighted by Crippen LogP contribution is 2.41. The van der Waals surface area contributed by atoms with E-state index in [9.17, 15) is 0 Å². The summed E-state index contributed by atoms with van der Waals surface area (Å²) in [4.78, 5) is 0. The van der Waals surface area contributed by atoms with Crippen LogP contribution in [0.2, 0.25) is 0 Å². The standard InChI is InChI=1S/C16H34O2/c1-10-14(4,5)18-12-13(3)15(6,7)16(8,9)17-11-2/h13H,10-12H2,1-9H3. The van der Waals surface area contributed by atoms with Crippen LogP contribution in [0.25, 0.3) is 0 Å². The maximum atomic E-state index is 6.04. The molecule has 0 aromatic rings. The summed E-state index contributed by atoms with van der Waals surface area (Å²) in [5, 5.41) is 0. The molecule has 110 valence electrons. The van der Waals surface area contributed by atoms with Crippen LogP contribution in [0, 0.1) is 11.3 Å². The number of rotatable bonds is 8. The van der Waals surface area contributed by atoms with Gasteiger partial charge in [0.25, 0.3) is 0 Å². The SMILES string of the molecule is CCOC(C)(C)C(C)(C)C(C)COC(C)(C)CC. The van der Waals surface area contributed by atoms with Gasteiger partial charge < -0.3 is 9.47 Å². The highest BCUT2D eigenvalue weighted by atomic mass is 16.5. The van der Waals surface area contributed by atoms with Gasteiger partial charge in [-0.1, -0.05) is 27.7 Å². The van der Waals surface area contributed by atoms with Crippen molar-refractivity contribution in [1.29, 1.82) is 0 Å². The van der Waals surface area contributed by atoms with Gasteiger partial charge in [0.2, 0.25) is 0 Å². The van der Waals surface area contributed by atoms with E-state index in [0.717, 1.165) is 19.6 Å². The predicted molar refractivity (Wildman–Crippen MR) is 79.0 cm³/mol. The molecule has 0 aromatic carbocycles. The Hall–Kier alpha value is -0.0800. The van der Waals surface area contributed by atoms with Crippen molar-refractivity contribution >= 4 is 0 Å². The van der Waals surface area contributed by atoms with E-state index in [1.165, 1.54) is 0 Å². The fraction of sp³-hybridized carbons (Fsp3) is 1.00. The first kappa shape index (κ1) is 17.9. The molecule has 0 bridgehead atoms. The minimum atomic E-state index is -0.138. The Morgan fingerprint density at radius 1 is 0.889 bits per heavy atom. The van der Waals surface area contributed by atoms with Crippen LogP contribution < -0.4 is 0 Å². The topological polar surface area (TPSA) is 18.5 Å². The average Bonchev–Trinajstić information content (AvgIpc) is 2.25. The van der Waals surface area contributed by atoms with Crippen molar-refractivity contribution in [3.05, 3.63) is 0 Å². The highest BCUT2D eigenvalue weighted by Gasteiger charge is 2.42. The lowest BCUT2D eigenvalue weighted by atomic mass is 9.68. The monoisotopic (exact) mass is 258 g/mol. The van der Waals surface area contributed by atoms with Crippen molar-refractivity contribution in [3.63, 3.8) is 0 Å². The van der Waals surface area contributed by atoms with Crippen LogP contribution in [0.5, 0.6) is 0 Å². The van der Waals surface area contributed by atoms with Gasteiger partial charge >= 0.3 is 0 Å². The fourth-order valence-electron chi connectivity index (χ4n) is 1.80. The lowest BCUT2D eigenvalue weighted by molar-refractivity contribution is -0.137. The van der Waals surface area contributed by atoms with E-state index >= 15 is 0 Å². The zero-order valence-electron chi connectivity index (χ0n) is 14.0. The van der Waals surface area contributed by atoms with Crippen molar-refractivity contribution in [2.45, 2.75) is 79.9 Å². The summed E-state index contributed by atoms with van der Waals surface area (Å²) in [6.07, 6.45) is 1.04. The smallest absolute Gasteiger partial charge is 0.0680 e. The van der Waals surface area contributed by atoms with Gasteiger partial charge in [0.1, 0.15) is 0 Å². The van der Waals surface area contributed by atoms with Gasteiger partial charge in [0.05, 0.1) is 17.8 Å². The first-order valence-corrected chi connectivity index (χ1v) is 7.28. The second-order valence-corrected chi connectivity index (χ2v) is 6.99. The maximum Gasteiger partial charge on any atom is 0.0680 e. The van der Waals surface area contributed by atoms with Crippen LogP contribution in [-0.4, -0.2) is 24.4 Å².